The minimum atomic E-state index is -1.00. The van der Waals surface area contributed by atoms with Crippen molar-refractivity contribution >= 4 is 11.8 Å². The quantitative estimate of drug-likeness (QED) is 0.652. The lowest BCUT2D eigenvalue weighted by atomic mass is 9.67. The largest absolute Gasteiger partial charge is 0.480 e. The molecule has 2 atom stereocenters. The van der Waals surface area contributed by atoms with E-state index in [-0.39, 0.29) is 11.7 Å². The summed E-state index contributed by atoms with van der Waals surface area (Å²) in [5, 5.41) is 9.22. The summed E-state index contributed by atoms with van der Waals surface area (Å²) in [6.45, 7) is 0. The van der Waals surface area contributed by atoms with Crippen LogP contribution in [0, 0.1) is 11.3 Å². The molecule has 0 heterocycles. The van der Waals surface area contributed by atoms with E-state index >= 15 is 0 Å². The lowest BCUT2D eigenvalue weighted by molar-refractivity contribution is -0.159. The van der Waals surface area contributed by atoms with Crippen LogP contribution in [-0.2, 0) is 9.59 Å². The fourth-order valence-corrected chi connectivity index (χ4v) is 2.96. The monoisotopic (exact) mass is 196 g/mol. The molecule has 0 unspecified atom stereocenters. The molecule has 2 fully saturated rings. The average molecular weight is 196 g/mol. The van der Waals surface area contributed by atoms with Crippen molar-refractivity contribution in [2.24, 2.45) is 11.3 Å². The van der Waals surface area contributed by atoms with E-state index in [0.29, 0.717) is 12.8 Å². The van der Waals surface area contributed by atoms with Crippen LogP contribution in [0.2, 0.25) is 0 Å². The maximum atomic E-state index is 12.0. The fourth-order valence-electron chi connectivity index (χ4n) is 2.96. The standard InChI is InChI=1S/C11H16O3/c12-9-8-4-1-2-6-11(9,10(13)14)7-3-5-8/h8H,1-7H2,(H,13,14)/t8-,11+/m0/s1. The Morgan fingerprint density at radius 3 is 2.57 bits per heavy atom. The second kappa shape index (κ2) is 3.37. The van der Waals surface area contributed by atoms with E-state index in [1.165, 1.54) is 0 Å². The van der Waals surface area contributed by atoms with E-state index < -0.39 is 11.4 Å². The molecule has 0 saturated heterocycles. The molecule has 0 radical (unpaired) electrons. The van der Waals surface area contributed by atoms with Crippen LogP contribution in [0.25, 0.3) is 0 Å². The van der Waals surface area contributed by atoms with Gasteiger partial charge in [0.25, 0.3) is 0 Å². The molecule has 0 aromatic heterocycles. The Hall–Kier alpha value is -0.860. The van der Waals surface area contributed by atoms with Gasteiger partial charge in [-0.25, -0.2) is 0 Å². The van der Waals surface area contributed by atoms with Crippen molar-refractivity contribution in [3.8, 4) is 0 Å². The van der Waals surface area contributed by atoms with Gasteiger partial charge < -0.3 is 5.11 Å². The molecule has 2 bridgehead atoms. The van der Waals surface area contributed by atoms with Crippen LogP contribution < -0.4 is 0 Å². The van der Waals surface area contributed by atoms with Crippen LogP contribution in [0.3, 0.4) is 0 Å². The van der Waals surface area contributed by atoms with Crippen LogP contribution in [0.15, 0.2) is 0 Å². The predicted octanol–water partition coefficient (Wildman–Crippen LogP) is 2.00. The molecule has 2 aliphatic carbocycles. The van der Waals surface area contributed by atoms with Gasteiger partial charge in [-0.15, -0.1) is 0 Å². The van der Waals surface area contributed by atoms with Crippen LogP contribution >= 0.6 is 0 Å². The highest BCUT2D eigenvalue weighted by Gasteiger charge is 2.50. The molecule has 1 N–H and O–H groups in total. The Kier molecular flexibility index (Phi) is 2.33. The molecule has 0 amide bonds. The first-order valence-electron chi connectivity index (χ1n) is 5.44. The van der Waals surface area contributed by atoms with Crippen LogP contribution in [0.4, 0.5) is 0 Å². The second-order valence-electron chi connectivity index (χ2n) is 4.59. The normalized spacial score (nSPS) is 37.7. The van der Waals surface area contributed by atoms with Crippen molar-refractivity contribution in [3.05, 3.63) is 0 Å². The number of rotatable bonds is 1. The maximum absolute atomic E-state index is 12.0. The topological polar surface area (TPSA) is 54.4 Å². The van der Waals surface area contributed by atoms with Crippen LogP contribution in [0.5, 0.6) is 0 Å². The van der Waals surface area contributed by atoms with Crippen molar-refractivity contribution in [3.63, 3.8) is 0 Å². The highest BCUT2D eigenvalue weighted by atomic mass is 16.4. The molecule has 3 nitrogen and oxygen atoms in total. The average Bonchev–Trinajstić information content (AvgIpc) is 2.27. The van der Waals surface area contributed by atoms with Crippen molar-refractivity contribution in [1.29, 1.82) is 0 Å². The molecular weight excluding hydrogens is 180 g/mol. The van der Waals surface area contributed by atoms with Gasteiger partial charge in [0.2, 0.25) is 0 Å². The van der Waals surface area contributed by atoms with E-state index in [2.05, 4.69) is 0 Å². The Balaban J connectivity index is 2.34. The van der Waals surface area contributed by atoms with Crippen molar-refractivity contribution in [2.45, 2.75) is 44.9 Å². The molecule has 0 aromatic rings. The van der Waals surface area contributed by atoms with Gasteiger partial charge >= 0.3 is 5.97 Å². The van der Waals surface area contributed by atoms with Gasteiger partial charge in [-0.2, -0.15) is 0 Å². The summed E-state index contributed by atoms with van der Waals surface area (Å²) < 4.78 is 0. The summed E-state index contributed by atoms with van der Waals surface area (Å²) in [4.78, 5) is 23.2. The third-order valence-electron chi connectivity index (χ3n) is 3.81. The SMILES string of the molecule is O=C(O)[C@]12CCCC[C@@H](CCC1)C2=O. The molecule has 2 saturated carbocycles. The number of Topliss-reactive ketones (excluding diaryl/α,β-unsaturated/α-hetero) is 1. The van der Waals surface area contributed by atoms with Crippen LogP contribution in [-0.4, -0.2) is 16.9 Å². The van der Waals surface area contributed by atoms with Gasteiger partial charge in [0.1, 0.15) is 5.41 Å². The molecule has 0 spiro atoms. The number of ketones is 1. The Bertz CT molecular complexity index is 272. The zero-order valence-corrected chi connectivity index (χ0v) is 8.29. The van der Waals surface area contributed by atoms with Gasteiger partial charge in [0.05, 0.1) is 0 Å². The van der Waals surface area contributed by atoms with Gasteiger partial charge in [0, 0.05) is 5.92 Å². The predicted molar refractivity (Wildman–Crippen MR) is 50.9 cm³/mol. The molecule has 2 rings (SSSR count). The van der Waals surface area contributed by atoms with E-state index in [1.807, 2.05) is 0 Å². The van der Waals surface area contributed by atoms with Gasteiger partial charge in [-0.1, -0.05) is 19.3 Å². The van der Waals surface area contributed by atoms with Crippen molar-refractivity contribution in [2.75, 3.05) is 0 Å². The summed E-state index contributed by atoms with van der Waals surface area (Å²) in [6, 6.07) is 0. The van der Waals surface area contributed by atoms with E-state index in [9.17, 15) is 14.7 Å². The van der Waals surface area contributed by atoms with Gasteiger partial charge in [-0.3, -0.25) is 9.59 Å². The van der Waals surface area contributed by atoms with E-state index in [4.69, 9.17) is 0 Å². The van der Waals surface area contributed by atoms with Crippen molar-refractivity contribution < 1.29 is 14.7 Å². The Morgan fingerprint density at radius 1 is 1.21 bits per heavy atom. The molecule has 2 aliphatic rings. The first-order valence-corrected chi connectivity index (χ1v) is 5.44. The molecule has 3 heteroatoms. The fraction of sp³-hybridized carbons (Fsp3) is 0.818. The highest BCUT2D eigenvalue weighted by molar-refractivity contribution is 6.04. The second-order valence-corrected chi connectivity index (χ2v) is 4.59. The molecule has 0 aromatic carbocycles. The summed E-state index contributed by atoms with van der Waals surface area (Å²) in [5.41, 5.74) is -1.00. The summed E-state index contributed by atoms with van der Waals surface area (Å²) in [6.07, 6.45) is 5.78. The number of carboxylic acid groups (broad SMARTS) is 1. The third kappa shape index (κ3) is 1.26. The molecular formula is C11H16O3. The molecule has 0 aliphatic heterocycles. The van der Waals surface area contributed by atoms with Gasteiger partial charge in [-0.05, 0) is 25.7 Å². The Morgan fingerprint density at radius 2 is 1.86 bits per heavy atom. The zero-order chi connectivity index (χ0) is 10.2. The lowest BCUT2D eigenvalue weighted by Crippen LogP contribution is -2.44. The summed E-state index contributed by atoms with van der Waals surface area (Å²) in [5.74, 6) is -0.815. The summed E-state index contributed by atoms with van der Waals surface area (Å²) in [7, 11) is 0. The number of hydrogen-bond acceptors (Lipinski definition) is 2. The Labute approximate surface area is 83.5 Å². The molecule has 14 heavy (non-hydrogen) atoms. The van der Waals surface area contributed by atoms with E-state index in [1.54, 1.807) is 0 Å². The smallest absolute Gasteiger partial charge is 0.317 e. The number of carbonyl (C=O) groups excluding carboxylic acids is 1. The lowest BCUT2D eigenvalue weighted by Gasteiger charge is -2.33. The highest BCUT2D eigenvalue weighted by Crippen LogP contribution is 2.44. The van der Waals surface area contributed by atoms with Gasteiger partial charge in [0.15, 0.2) is 5.78 Å². The zero-order valence-electron chi connectivity index (χ0n) is 8.29. The number of fused-ring (bicyclic) bond motifs is 2. The van der Waals surface area contributed by atoms with E-state index in [0.717, 1.165) is 32.1 Å². The molecule has 78 valence electrons. The maximum Gasteiger partial charge on any atom is 0.317 e. The minimum absolute atomic E-state index is 0.0220. The first-order chi connectivity index (χ1) is 6.67. The van der Waals surface area contributed by atoms with Crippen LogP contribution in [0.1, 0.15) is 44.9 Å². The third-order valence-corrected chi connectivity index (χ3v) is 3.81. The number of hydrogen-bond donors (Lipinski definition) is 1. The first kappa shape index (κ1) is 9.69. The number of carbonyl (C=O) groups is 2. The van der Waals surface area contributed by atoms with Crippen molar-refractivity contribution in [1.82, 2.24) is 0 Å². The number of aliphatic carboxylic acids is 1. The minimum Gasteiger partial charge on any atom is -0.480 e. The number of carboxylic acids is 1. The summed E-state index contributed by atoms with van der Waals surface area (Å²) >= 11 is 0.